The third-order valence-corrected chi connectivity index (χ3v) is 4.93. The summed E-state index contributed by atoms with van der Waals surface area (Å²) in [5.41, 5.74) is 6.84. The maximum absolute atomic E-state index is 4.90. The van der Waals surface area contributed by atoms with Gasteiger partial charge in [-0.15, -0.1) is 0 Å². The highest BCUT2D eigenvalue weighted by Gasteiger charge is 2.40. The van der Waals surface area contributed by atoms with Crippen LogP contribution in [0.5, 0.6) is 0 Å². The van der Waals surface area contributed by atoms with E-state index in [0.29, 0.717) is 0 Å². The third-order valence-electron chi connectivity index (χ3n) is 4.93. The molecule has 20 heavy (non-hydrogen) atoms. The van der Waals surface area contributed by atoms with Gasteiger partial charge in [0, 0.05) is 11.1 Å². The topological polar surface area (TPSA) is 12.4 Å². The van der Waals surface area contributed by atoms with Crippen LogP contribution >= 0.6 is 0 Å². The normalized spacial score (nSPS) is 23.9. The van der Waals surface area contributed by atoms with Crippen molar-refractivity contribution in [1.82, 2.24) is 0 Å². The number of nitrogens with zero attached hydrogens (tertiary/aromatic N) is 1. The summed E-state index contributed by atoms with van der Waals surface area (Å²) in [4.78, 5) is 4.90. The van der Waals surface area contributed by atoms with Crippen LogP contribution in [0.15, 0.2) is 53.5 Å². The lowest BCUT2D eigenvalue weighted by molar-refractivity contribution is 0.498. The van der Waals surface area contributed by atoms with E-state index in [2.05, 4.69) is 55.5 Å². The molecule has 2 aromatic carbocycles. The van der Waals surface area contributed by atoms with Crippen LogP contribution in [0, 0.1) is 0 Å². The number of aliphatic imine (C=N–C) groups is 1. The van der Waals surface area contributed by atoms with Crippen LogP contribution in [0.25, 0.3) is 11.1 Å². The first-order valence-electron chi connectivity index (χ1n) is 7.55. The van der Waals surface area contributed by atoms with Gasteiger partial charge in [0.1, 0.15) is 0 Å². The van der Waals surface area contributed by atoms with Gasteiger partial charge in [0.25, 0.3) is 0 Å². The van der Waals surface area contributed by atoms with E-state index in [4.69, 9.17) is 4.99 Å². The zero-order valence-electron chi connectivity index (χ0n) is 11.9. The molecule has 0 amide bonds. The Labute approximate surface area is 120 Å². The van der Waals surface area contributed by atoms with Gasteiger partial charge in [-0.3, -0.25) is 4.99 Å². The Hall–Kier alpha value is -1.89. The smallest absolute Gasteiger partial charge is 0.0671 e. The average molecular weight is 261 g/mol. The van der Waals surface area contributed by atoms with E-state index in [1.807, 2.05) is 0 Å². The van der Waals surface area contributed by atoms with Gasteiger partial charge in [0.2, 0.25) is 0 Å². The lowest BCUT2D eigenvalue weighted by Crippen LogP contribution is -2.32. The fourth-order valence-electron chi connectivity index (χ4n) is 3.69. The van der Waals surface area contributed by atoms with Crippen molar-refractivity contribution in [2.45, 2.75) is 38.0 Å². The minimum Gasteiger partial charge on any atom is -0.257 e. The molecule has 2 aromatic rings. The minimum atomic E-state index is 0.193. The van der Waals surface area contributed by atoms with Crippen LogP contribution < -0.4 is 0 Å². The maximum atomic E-state index is 4.90. The molecule has 1 heterocycles. The van der Waals surface area contributed by atoms with Crippen molar-refractivity contribution in [2.24, 2.45) is 4.99 Å². The highest BCUT2D eigenvalue weighted by Crippen LogP contribution is 2.48. The molecule has 0 N–H and O–H groups in total. The number of rotatable bonds is 1. The molecule has 0 spiro atoms. The molecule has 1 saturated carbocycles. The van der Waals surface area contributed by atoms with Crippen molar-refractivity contribution in [1.29, 1.82) is 0 Å². The van der Waals surface area contributed by atoms with Crippen molar-refractivity contribution in [2.75, 3.05) is 0 Å². The summed E-state index contributed by atoms with van der Waals surface area (Å²) in [6.45, 7) is 2.38. The molecule has 4 rings (SSSR count). The first-order chi connectivity index (χ1) is 9.77. The largest absolute Gasteiger partial charge is 0.257 e. The van der Waals surface area contributed by atoms with E-state index in [0.717, 1.165) is 0 Å². The van der Waals surface area contributed by atoms with Crippen molar-refractivity contribution in [3.8, 4) is 11.1 Å². The van der Waals surface area contributed by atoms with Crippen LogP contribution in [0.4, 0.5) is 5.69 Å². The Balaban J connectivity index is 1.83. The maximum Gasteiger partial charge on any atom is 0.0671 e. The summed E-state index contributed by atoms with van der Waals surface area (Å²) in [6, 6.07) is 17.4. The van der Waals surface area contributed by atoms with E-state index in [1.54, 1.807) is 0 Å². The monoisotopic (exact) mass is 261 g/mol. The van der Waals surface area contributed by atoms with E-state index in [9.17, 15) is 0 Å². The second-order valence-corrected chi connectivity index (χ2v) is 6.20. The fourth-order valence-corrected chi connectivity index (χ4v) is 3.69. The van der Waals surface area contributed by atoms with Gasteiger partial charge in [-0.2, -0.15) is 0 Å². The molecule has 1 aliphatic heterocycles. The van der Waals surface area contributed by atoms with E-state index < -0.39 is 0 Å². The van der Waals surface area contributed by atoms with Gasteiger partial charge in [-0.1, -0.05) is 49.7 Å². The predicted molar refractivity (Wildman–Crippen MR) is 84.8 cm³/mol. The summed E-state index contributed by atoms with van der Waals surface area (Å²) < 4.78 is 0. The van der Waals surface area contributed by atoms with E-state index in [1.165, 1.54) is 53.8 Å². The quantitative estimate of drug-likeness (QED) is 0.663. The van der Waals surface area contributed by atoms with Crippen molar-refractivity contribution in [3.63, 3.8) is 0 Å². The van der Waals surface area contributed by atoms with Gasteiger partial charge in [0.05, 0.1) is 5.69 Å². The highest BCUT2D eigenvalue weighted by molar-refractivity contribution is 6.02. The number of benzene rings is 2. The van der Waals surface area contributed by atoms with Gasteiger partial charge >= 0.3 is 0 Å². The Bertz CT molecular complexity index is 684. The number of hydrogen-bond donors (Lipinski definition) is 0. The molecule has 0 saturated heterocycles. The second kappa shape index (κ2) is 4.31. The summed E-state index contributed by atoms with van der Waals surface area (Å²) in [5.74, 6) is 0. The van der Waals surface area contributed by atoms with Gasteiger partial charge in [-0.25, -0.2) is 0 Å². The molecule has 100 valence electrons. The molecule has 1 heteroatoms. The van der Waals surface area contributed by atoms with Crippen LogP contribution in [0.2, 0.25) is 0 Å². The molecule has 1 aliphatic carbocycles. The first-order valence-corrected chi connectivity index (χ1v) is 7.55. The molecular formula is C19H19N. The standard InChI is InChI=1S/C19H19N/c1-19-12-6-5-9-18(19)20-17-11-10-15(13-16(17)19)14-7-3-2-4-8-14/h2-4,7-8,10-11,13H,5-6,9,12H2,1H3. The zero-order chi connectivity index (χ0) is 13.6. The molecule has 1 nitrogen and oxygen atoms in total. The van der Waals surface area contributed by atoms with E-state index >= 15 is 0 Å². The van der Waals surface area contributed by atoms with Crippen LogP contribution in [-0.2, 0) is 5.41 Å². The van der Waals surface area contributed by atoms with Crippen LogP contribution in [-0.4, -0.2) is 5.71 Å². The Kier molecular flexibility index (Phi) is 2.56. The first kappa shape index (κ1) is 11.9. The van der Waals surface area contributed by atoms with Crippen LogP contribution in [0.1, 0.15) is 38.2 Å². The molecule has 2 aliphatic rings. The average Bonchev–Trinajstić information content (AvgIpc) is 2.80. The van der Waals surface area contributed by atoms with Gasteiger partial charge < -0.3 is 0 Å². The summed E-state index contributed by atoms with van der Waals surface area (Å²) in [6.07, 6.45) is 5.04. The van der Waals surface area contributed by atoms with Gasteiger partial charge in [-0.05, 0) is 48.1 Å². The Morgan fingerprint density at radius 3 is 2.65 bits per heavy atom. The van der Waals surface area contributed by atoms with Gasteiger partial charge in [0.15, 0.2) is 0 Å². The molecule has 0 bridgehead atoms. The van der Waals surface area contributed by atoms with Crippen LogP contribution in [0.3, 0.4) is 0 Å². The lowest BCUT2D eigenvalue weighted by atomic mass is 9.70. The zero-order valence-corrected chi connectivity index (χ0v) is 11.9. The van der Waals surface area contributed by atoms with Crippen molar-refractivity contribution < 1.29 is 0 Å². The second-order valence-electron chi connectivity index (χ2n) is 6.20. The molecule has 1 fully saturated rings. The SMILES string of the molecule is CC12CCCCC1=Nc1ccc(-c3ccccc3)cc12. The molecule has 1 unspecified atom stereocenters. The molecule has 1 atom stereocenters. The van der Waals surface area contributed by atoms with Crippen molar-refractivity contribution in [3.05, 3.63) is 54.1 Å². The third kappa shape index (κ3) is 1.66. The Morgan fingerprint density at radius 1 is 0.950 bits per heavy atom. The molecular weight excluding hydrogens is 242 g/mol. The molecule has 0 aromatic heterocycles. The predicted octanol–water partition coefficient (Wildman–Crippen LogP) is 5.27. The summed E-state index contributed by atoms with van der Waals surface area (Å²) in [5, 5.41) is 0. The Morgan fingerprint density at radius 2 is 1.80 bits per heavy atom. The summed E-state index contributed by atoms with van der Waals surface area (Å²) >= 11 is 0. The number of fused-ring (bicyclic) bond motifs is 3. The fraction of sp³-hybridized carbons (Fsp3) is 0.316. The highest BCUT2D eigenvalue weighted by atomic mass is 14.8. The van der Waals surface area contributed by atoms with E-state index in [-0.39, 0.29) is 5.41 Å². The summed E-state index contributed by atoms with van der Waals surface area (Å²) in [7, 11) is 0. The minimum absolute atomic E-state index is 0.193. The lowest BCUT2D eigenvalue weighted by Gasteiger charge is -2.32. The van der Waals surface area contributed by atoms with Crippen molar-refractivity contribution >= 4 is 11.4 Å². The number of hydrogen-bond acceptors (Lipinski definition) is 1. The molecule has 0 radical (unpaired) electrons.